The van der Waals surface area contributed by atoms with E-state index in [1.165, 1.54) is 20.0 Å². The lowest BCUT2D eigenvalue weighted by atomic mass is 10.1. The predicted octanol–water partition coefficient (Wildman–Crippen LogP) is 5.25. The van der Waals surface area contributed by atoms with Gasteiger partial charge in [0, 0.05) is 6.42 Å². The fourth-order valence-electron chi connectivity index (χ4n) is 2.45. The van der Waals surface area contributed by atoms with E-state index in [2.05, 4.69) is 53.4 Å². The zero-order valence-corrected chi connectivity index (χ0v) is 16.8. The SMILES string of the molecule is CC/C=C\C/C=C\C/C=C\CCCCCCCC(=O)NC(C)C(=O)OC. The highest BCUT2D eigenvalue weighted by atomic mass is 16.5. The third-order valence-corrected chi connectivity index (χ3v) is 3.99. The highest BCUT2D eigenvalue weighted by molar-refractivity contribution is 5.83. The van der Waals surface area contributed by atoms with E-state index in [-0.39, 0.29) is 5.91 Å². The van der Waals surface area contributed by atoms with Crippen molar-refractivity contribution in [2.75, 3.05) is 7.11 Å². The maximum absolute atomic E-state index is 11.7. The summed E-state index contributed by atoms with van der Waals surface area (Å²) in [5.41, 5.74) is 0. The Morgan fingerprint density at radius 2 is 1.46 bits per heavy atom. The van der Waals surface area contributed by atoms with Gasteiger partial charge in [0.25, 0.3) is 0 Å². The van der Waals surface area contributed by atoms with Crippen LogP contribution in [0.15, 0.2) is 36.5 Å². The van der Waals surface area contributed by atoms with Crippen LogP contribution < -0.4 is 5.32 Å². The van der Waals surface area contributed by atoms with Gasteiger partial charge in [0.05, 0.1) is 7.11 Å². The van der Waals surface area contributed by atoms with E-state index in [1.807, 2.05) is 0 Å². The van der Waals surface area contributed by atoms with Gasteiger partial charge in [-0.25, -0.2) is 4.79 Å². The normalized spacial score (nSPS) is 12.9. The largest absolute Gasteiger partial charge is 0.467 e. The van der Waals surface area contributed by atoms with Crippen molar-refractivity contribution in [3.63, 3.8) is 0 Å². The minimum Gasteiger partial charge on any atom is -0.467 e. The molecular weight excluding hydrogens is 326 g/mol. The first kappa shape index (κ1) is 24.2. The molecule has 1 amide bonds. The van der Waals surface area contributed by atoms with Crippen molar-refractivity contribution in [3.8, 4) is 0 Å². The van der Waals surface area contributed by atoms with E-state index in [0.29, 0.717) is 6.42 Å². The van der Waals surface area contributed by atoms with E-state index < -0.39 is 12.0 Å². The smallest absolute Gasteiger partial charge is 0.328 e. The van der Waals surface area contributed by atoms with Gasteiger partial charge < -0.3 is 10.1 Å². The summed E-state index contributed by atoms with van der Waals surface area (Å²) in [5, 5.41) is 2.65. The minimum absolute atomic E-state index is 0.0796. The summed E-state index contributed by atoms with van der Waals surface area (Å²) in [7, 11) is 1.32. The van der Waals surface area contributed by atoms with Crippen LogP contribution in [0.4, 0.5) is 0 Å². The number of allylic oxidation sites excluding steroid dienone is 6. The van der Waals surface area contributed by atoms with Crippen molar-refractivity contribution in [2.45, 2.75) is 84.1 Å². The number of hydrogen-bond acceptors (Lipinski definition) is 3. The van der Waals surface area contributed by atoms with Gasteiger partial charge in [-0.15, -0.1) is 0 Å². The zero-order valence-electron chi connectivity index (χ0n) is 16.8. The molecule has 0 aliphatic heterocycles. The molecule has 0 fully saturated rings. The van der Waals surface area contributed by atoms with Crippen molar-refractivity contribution in [1.82, 2.24) is 5.32 Å². The molecule has 1 atom stereocenters. The standard InChI is InChI=1S/C22H37NO3/c1-4-5-6-7-8-9-10-11-12-13-14-15-16-17-18-19-21(24)23-20(2)22(25)26-3/h5-6,8-9,11-12,20H,4,7,10,13-19H2,1-3H3,(H,23,24)/b6-5-,9-8-,12-11-. The van der Waals surface area contributed by atoms with Crippen molar-refractivity contribution in [2.24, 2.45) is 0 Å². The van der Waals surface area contributed by atoms with Crippen LogP contribution >= 0.6 is 0 Å². The lowest BCUT2D eigenvalue weighted by molar-refractivity contribution is -0.144. The number of esters is 1. The summed E-state index contributed by atoms with van der Waals surface area (Å²) >= 11 is 0. The molecule has 1 N–H and O–H groups in total. The van der Waals surface area contributed by atoms with Gasteiger partial charge >= 0.3 is 5.97 Å². The molecule has 0 aromatic heterocycles. The van der Waals surface area contributed by atoms with E-state index in [0.717, 1.165) is 44.9 Å². The van der Waals surface area contributed by atoms with Crippen LogP contribution in [0, 0.1) is 0 Å². The number of rotatable bonds is 15. The summed E-state index contributed by atoms with van der Waals surface area (Å²) in [4.78, 5) is 22.9. The predicted molar refractivity (Wildman–Crippen MR) is 109 cm³/mol. The van der Waals surface area contributed by atoms with Crippen molar-refractivity contribution >= 4 is 11.9 Å². The second-order valence-electron chi connectivity index (χ2n) is 6.41. The maximum Gasteiger partial charge on any atom is 0.328 e. The molecule has 26 heavy (non-hydrogen) atoms. The molecule has 0 saturated heterocycles. The molecule has 0 aliphatic carbocycles. The monoisotopic (exact) mass is 363 g/mol. The van der Waals surface area contributed by atoms with Crippen LogP contribution in [0.5, 0.6) is 0 Å². The molecular formula is C22H37NO3. The molecule has 0 saturated carbocycles. The van der Waals surface area contributed by atoms with E-state index in [9.17, 15) is 9.59 Å². The van der Waals surface area contributed by atoms with E-state index in [4.69, 9.17) is 0 Å². The fourth-order valence-corrected chi connectivity index (χ4v) is 2.45. The lowest BCUT2D eigenvalue weighted by Crippen LogP contribution is -2.38. The Hall–Kier alpha value is -1.84. The molecule has 0 aliphatic rings. The number of carbonyl (C=O) groups excluding carboxylic acids is 2. The average Bonchev–Trinajstić information content (AvgIpc) is 2.64. The Balaban J connectivity index is 3.45. The number of ether oxygens (including phenoxy) is 1. The van der Waals surface area contributed by atoms with Gasteiger partial charge in [-0.05, 0) is 45.4 Å². The first-order chi connectivity index (χ1) is 12.6. The molecule has 4 nitrogen and oxygen atoms in total. The number of hydrogen-bond donors (Lipinski definition) is 1. The quantitative estimate of drug-likeness (QED) is 0.245. The number of nitrogens with one attached hydrogen (secondary N) is 1. The molecule has 0 spiro atoms. The number of carbonyl (C=O) groups is 2. The van der Waals surface area contributed by atoms with Crippen LogP contribution in [0.3, 0.4) is 0 Å². The van der Waals surface area contributed by atoms with Gasteiger partial charge in [0.1, 0.15) is 6.04 Å². The van der Waals surface area contributed by atoms with E-state index >= 15 is 0 Å². The molecule has 0 aromatic carbocycles. The highest BCUT2D eigenvalue weighted by Gasteiger charge is 2.14. The zero-order chi connectivity index (χ0) is 19.5. The Bertz CT molecular complexity index is 452. The summed E-state index contributed by atoms with van der Waals surface area (Å²) in [6, 6.07) is -0.568. The van der Waals surface area contributed by atoms with Crippen LogP contribution in [-0.2, 0) is 14.3 Å². The molecule has 0 bridgehead atoms. The van der Waals surface area contributed by atoms with Crippen LogP contribution in [0.1, 0.15) is 78.1 Å². The minimum atomic E-state index is -0.568. The summed E-state index contributed by atoms with van der Waals surface area (Å²) in [6.07, 6.45) is 23.5. The van der Waals surface area contributed by atoms with Crippen LogP contribution in [-0.4, -0.2) is 25.0 Å². The second kappa shape index (κ2) is 18.0. The first-order valence-corrected chi connectivity index (χ1v) is 9.94. The molecule has 0 heterocycles. The number of amides is 1. The van der Waals surface area contributed by atoms with Gasteiger partial charge in [-0.1, -0.05) is 62.6 Å². The summed E-state index contributed by atoms with van der Waals surface area (Å²) in [5.74, 6) is -0.487. The van der Waals surface area contributed by atoms with Gasteiger partial charge in [-0.3, -0.25) is 4.79 Å². The molecule has 1 unspecified atom stereocenters. The summed E-state index contributed by atoms with van der Waals surface area (Å²) in [6.45, 7) is 3.78. The Morgan fingerprint density at radius 1 is 0.885 bits per heavy atom. The maximum atomic E-state index is 11.7. The fraction of sp³-hybridized carbons (Fsp3) is 0.636. The summed E-state index contributed by atoms with van der Waals surface area (Å²) < 4.78 is 4.58. The Labute approximate surface area is 159 Å². The molecule has 148 valence electrons. The molecule has 4 heteroatoms. The van der Waals surface area contributed by atoms with E-state index in [1.54, 1.807) is 6.92 Å². The van der Waals surface area contributed by atoms with Crippen molar-refractivity contribution < 1.29 is 14.3 Å². The third kappa shape index (κ3) is 15.7. The second-order valence-corrected chi connectivity index (χ2v) is 6.41. The van der Waals surface area contributed by atoms with Gasteiger partial charge in [0.15, 0.2) is 0 Å². The Kier molecular flexibility index (Phi) is 16.7. The molecule has 0 radical (unpaired) electrons. The Morgan fingerprint density at radius 3 is 2.12 bits per heavy atom. The highest BCUT2D eigenvalue weighted by Crippen LogP contribution is 2.08. The number of methoxy groups -OCH3 is 1. The van der Waals surface area contributed by atoms with Crippen LogP contribution in [0.2, 0.25) is 0 Å². The van der Waals surface area contributed by atoms with Gasteiger partial charge in [0.2, 0.25) is 5.91 Å². The van der Waals surface area contributed by atoms with Crippen molar-refractivity contribution in [3.05, 3.63) is 36.5 Å². The molecule has 0 aromatic rings. The third-order valence-electron chi connectivity index (χ3n) is 3.99. The van der Waals surface area contributed by atoms with Crippen LogP contribution in [0.25, 0.3) is 0 Å². The average molecular weight is 364 g/mol. The van der Waals surface area contributed by atoms with Gasteiger partial charge in [-0.2, -0.15) is 0 Å². The topological polar surface area (TPSA) is 55.4 Å². The lowest BCUT2D eigenvalue weighted by Gasteiger charge is -2.11. The first-order valence-electron chi connectivity index (χ1n) is 9.94. The molecule has 0 rings (SSSR count). The number of unbranched alkanes of at least 4 members (excludes halogenated alkanes) is 5. The van der Waals surface area contributed by atoms with Crippen molar-refractivity contribution in [1.29, 1.82) is 0 Å².